The number of phosphoric acid groups is 3. The molecule has 0 radical (unpaired) electrons. The zero-order chi connectivity index (χ0) is 24.1. The molecular formula is C10H17N6O13P3. The fourth-order valence-corrected chi connectivity index (χ4v) is 5.74. The van der Waals surface area contributed by atoms with Crippen molar-refractivity contribution < 1.29 is 61.4 Å². The molecule has 0 aliphatic carbocycles. The van der Waals surface area contributed by atoms with Gasteiger partial charge >= 0.3 is 23.5 Å². The monoisotopic (exact) mass is 522 g/mol. The number of hydrogen-bond acceptors (Lipinski definition) is 14. The van der Waals surface area contributed by atoms with Crippen LogP contribution in [0.15, 0.2) is 6.33 Å². The van der Waals surface area contributed by atoms with Gasteiger partial charge in [-0.3, -0.25) is 9.09 Å². The number of rotatable bonds is 8. The third kappa shape index (κ3) is 5.67. The second-order valence-corrected chi connectivity index (χ2v) is 10.6. The van der Waals surface area contributed by atoms with Gasteiger partial charge in [-0.05, 0) is 0 Å². The highest BCUT2D eigenvalue weighted by Gasteiger charge is 2.47. The molecular weight excluding hydrogens is 505 g/mol. The Balaban J connectivity index is 1.72. The van der Waals surface area contributed by atoms with E-state index >= 15 is 0 Å². The fourth-order valence-electron chi connectivity index (χ4n) is 2.71. The summed E-state index contributed by atoms with van der Waals surface area (Å²) in [6, 6.07) is 0. The molecule has 1 fully saturated rings. The van der Waals surface area contributed by atoms with E-state index in [4.69, 9.17) is 30.9 Å². The van der Waals surface area contributed by atoms with E-state index in [-0.39, 0.29) is 22.9 Å². The predicted molar refractivity (Wildman–Crippen MR) is 99.9 cm³/mol. The minimum Gasteiger partial charge on any atom is -0.387 e. The first-order chi connectivity index (χ1) is 14.6. The molecule has 6 atom stereocenters. The van der Waals surface area contributed by atoms with Crippen LogP contribution < -0.4 is 11.5 Å². The van der Waals surface area contributed by atoms with Crippen molar-refractivity contribution in [1.29, 1.82) is 0 Å². The Morgan fingerprint density at radius 1 is 1.03 bits per heavy atom. The lowest BCUT2D eigenvalue weighted by atomic mass is 10.1. The van der Waals surface area contributed by atoms with Crippen LogP contribution >= 0.6 is 23.5 Å². The van der Waals surface area contributed by atoms with Gasteiger partial charge in [0.1, 0.15) is 23.8 Å². The minimum absolute atomic E-state index is 0.0415. The number of aromatic nitrogens is 4. The van der Waals surface area contributed by atoms with Gasteiger partial charge in [-0.2, -0.15) is 18.6 Å². The number of fused-ring (bicyclic) bond motifs is 1. The van der Waals surface area contributed by atoms with Crippen molar-refractivity contribution in [3.05, 3.63) is 6.33 Å². The van der Waals surface area contributed by atoms with Gasteiger partial charge in [0.25, 0.3) is 0 Å². The molecule has 3 unspecified atom stereocenters. The molecule has 32 heavy (non-hydrogen) atoms. The van der Waals surface area contributed by atoms with Crippen LogP contribution in [0.3, 0.4) is 0 Å². The normalized spacial score (nSPS) is 27.9. The minimum atomic E-state index is -5.72. The largest absolute Gasteiger partial charge is 0.490 e. The lowest BCUT2D eigenvalue weighted by Crippen LogP contribution is -2.33. The molecule has 0 aromatic carbocycles. The number of aliphatic hydroxyl groups is 2. The molecule has 3 rings (SSSR count). The Morgan fingerprint density at radius 2 is 1.69 bits per heavy atom. The Labute approximate surface area is 177 Å². The highest BCUT2D eigenvalue weighted by atomic mass is 31.3. The smallest absolute Gasteiger partial charge is 0.387 e. The number of aliphatic hydroxyl groups excluding tert-OH is 2. The maximum absolute atomic E-state index is 11.8. The molecule has 19 nitrogen and oxygen atoms in total. The molecule has 0 bridgehead atoms. The molecule has 2 aromatic heterocycles. The summed E-state index contributed by atoms with van der Waals surface area (Å²) in [6.07, 6.45) is -5.03. The average molecular weight is 522 g/mol. The van der Waals surface area contributed by atoms with Crippen LogP contribution in [0, 0.1) is 0 Å². The average Bonchev–Trinajstić information content (AvgIpc) is 3.12. The van der Waals surface area contributed by atoms with Gasteiger partial charge in [0, 0.05) is 0 Å². The lowest BCUT2D eigenvalue weighted by Gasteiger charge is -2.19. The van der Waals surface area contributed by atoms with E-state index in [1.54, 1.807) is 0 Å². The van der Waals surface area contributed by atoms with Gasteiger partial charge in [0.15, 0.2) is 17.7 Å². The van der Waals surface area contributed by atoms with E-state index in [2.05, 4.69) is 28.1 Å². The van der Waals surface area contributed by atoms with E-state index < -0.39 is 54.6 Å². The lowest BCUT2D eigenvalue weighted by molar-refractivity contribution is -0.0503. The Hall–Kier alpha value is -1.56. The van der Waals surface area contributed by atoms with Gasteiger partial charge in [-0.1, -0.05) is 0 Å². The van der Waals surface area contributed by atoms with Crippen LogP contribution in [-0.4, -0.2) is 74.2 Å². The standard InChI is InChI=1S/C10H17N6O13P3/c11-7-4-8(15-10(12)14-7)16(2-13-4)9-6(18)5(17)3(27-9)1-26-31(22,23)29-32(24,25)28-30(19,20)21/h2-3,5-6,9,17-18H,1H2,(H,22,23)(H,24,25)(H2,19,20,21)(H4,11,12,14,15)/t3-,5?,6+,9-/m1/s1. The summed E-state index contributed by atoms with van der Waals surface area (Å²) in [5, 5.41) is 20.5. The number of phosphoric ester groups is 1. The Bertz CT molecular complexity index is 1150. The molecule has 1 saturated heterocycles. The quantitative estimate of drug-likeness (QED) is 0.173. The second-order valence-electron chi connectivity index (χ2n) is 6.22. The van der Waals surface area contributed by atoms with Gasteiger partial charge < -0.3 is 46.0 Å². The predicted octanol–water partition coefficient (Wildman–Crippen LogP) is -2.05. The van der Waals surface area contributed by atoms with Gasteiger partial charge in [-0.25, -0.2) is 18.7 Å². The van der Waals surface area contributed by atoms with Crippen LogP contribution in [0.25, 0.3) is 11.2 Å². The number of hydrogen-bond donors (Lipinski definition) is 8. The van der Waals surface area contributed by atoms with Crippen molar-refractivity contribution in [1.82, 2.24) is 19.5 Å². The summed E-state index contributed by atoms with van der Waals surface area (Å²) in [7, 11) is -16.7. The molecule has 0 amide bonds. The summed E-state index contributed by atoms with van der Waals surface area (Å²) in [6.45, 7) is -0.982. The van der Waals surface area contributed by atoms with Crippen LogP contribution in [-0.2, 0) is 31.6 Å². The maximum atomic E-state index is 11.8. The van der Waals surface area contributed by atoms with Crippen LogP contribution in [0.1, 0.15) is 6.23 Å². The first-order valence-corrected chi connectivity index (χ1v) is 12.7. The molecule has 3 heterocycles. The number of anilines is 2. The summed E-state index contributed by atoms with van der Waals surface area (Å²) < 4.78 is 51.9. The molecule has 2 aromatic rings. The van der Waals surface area contributed by atoms with Crippen molar-refractivity contribution in [2.45, 2.75) is 24.5 Å². The van der Waals surface area contributed by atoms with Crippen molar-refractivity contribution in [2.24, 2.45) is 0 Å². The Kier molecular flexibility index (Phi) is 6.78. The van der Waals surface area contributed by atoms with Crippen LogP contribution in [0.5, 0.6) is 0 Å². The molecule has 10 N–H and O–H groups in total. The third-order valence-electron chi connectivity index (χ3n) is 3.89. The third-order valence-corrected chi connectivity index (χ3v) is 7.70. The van der Waals surface area contributed by atoms with E-state index in [1.807, 2.05) is 0 Å². The molecule has 1 aliphatic rings. The molecule has 1 aliphatic heterocycles. The first-order valence-electron chi connectivity index (χ1n) is 8.14. The van der Waals surface area contributed by atoms with Crippen molar-refractivity contribution in [3.63, 3.8) is 0 Å². The summed E-state index contributed by atoms with van der Waals surface area (Å²) in [5.41, 5.74) is 11.4. The first kappa shape index (κ1) is 25.1. The van der Waals surface area contributed by atoms with Gasteiger partial charge in [0.2, 0.25) is 5.95 Å². The number of nitrogen functional groups attached to an aromatic ring is 2. The Morgan fingerprint density at radius 3 is 2.31 bits per heavy atom. The molecule has 0 spiro atoms. The van der Waals surface area contributed by atoms with E-state index in [0.29, 0.717) is 0 Å². The number of imidazole rings is 1. The van der Waals surface area contributed by atoms with Crippen LogP contribution in [0.4, 0.5) is 11.8 Å². The van der Waals surface area contributed by atoms with Crippen molar-refractivity contribution >= 4 is 46.4 Å². The van der Waals surface area contributed by atoms with Crippen molar-refractivity contribution in [3.8, 4) is 0 Å². The van der Waals surface area contributed by atoms with E-state index in [1.165, 1.54) is 0 Å². The number of nitrogens with two attached hydrogens (primary N) is 2. The highest BCUT2D eigenvalue weighted by Crippen LogP contribution is 2.66. The fraction of sp³-hybridized carbons (Fsp3) is 0.500. The second kappa shape index (κ2) is 8.66. The van der Waals surface area contributed by atoms with E-state index in [0.717, 1.165) is 10.9 Å². The number of ether oxygens (including phenoxy) is 1. The number of nitrogens with zero attached hydrogens (tertiary/aromatic N) is 4. The summed E-state index contributed by atoms with van der Waals surface area (Å²) in [5.74, 6) is -0.280. The van der Waals surface area contributed by atoms with Crippen molar-refractivity contribution in [2.75, 3.05) is 18.1 Å². The summed E-state index contributed by atoms with van der Waals surface area (Å²) in [4.78, 5) is 47.2. The zero-order valence-corrected chi connectivity index (χ0v) is 18.1. The zero-order valence-electron chi connectivity index (χ0n) is 15.4. The van der Waals surface area contributed by atoms with Crippen LogP contribution in [0.2, 0.25) is 0 Å². The molecule has 180 valence electrons. The SMILES string of the molecule is Nc1nc(N)c2ncn([C@@H]3O[C@H](COP(=O)(O)OP(=O)(O)OP(=O)(O)O)C(O)[C@@H]3O)c2n1. The van der Waals surface area contributed by atoms with Gasteiger partial charge in [0.05, 0.1) is 12.9 Å². The highest BCUT2D eigenvalue weighted by molar-refractivity contribution is 7.66. The summed E-state index contributed by atoms with van der Waals surface area (Å²) >= 11 is 0. The van der Waals surface area contributed by atoms with E-state index in [9.17, 15) is 28.8 Å². The molecule has 0 saturated carbocycles. The van der Waals surface area contributed by atoms with Gasteiger partial charge in [-0.15, -0.1) is 0 Å². The topological polar surface area (TPSA) is 305 Å². The molecule has 22 heteroatoms. The maximum Gasteiger partial charge on any atom is 0.490 e.